The number of carbonyl (C=O) groups is 1. The summed E-state index contributed by atoms with van der Waals surface area (Å²) < 4.78 is 6.52. The lowest BCUT2D eigenvalue weighted by atomic mass is 9.76. The molecule has 4 aromatic rings. The number of rotatable bonds is 6. The summed E-state index contributed by atoms with van der Waals surface area (Å²) in [5.74, 6) is 1.31. The Kier molecular flexibility index (Phi) is 6.07. The van der Waals surface area contributed by atoms with Crippen LogP contribution in [0.15, 0.2) is 89.3 Å². The van der Waals surface area contributed by atoms with Crippen LogP contribution in [0.4, 0.5) is 0 Å². The molecule has 3 aromatic carbocycles. The van der Waals surface area contributed by atoms with Crippen LogP contribution >= 0.6 is 0 Å². The van der Waals surface area contributed by atoms with Gasteiger partial charge in [0.15, 0.2) is 11.7 Å². The van der Waals surface area contributed by atoms with Crippen molar-refractivity contribution >= 4 is 5.97 Å². The highest BCUT2D eigenvalue weighted by atomic mass is 16.4. The lowest BCUT2D eigenvalue weighted by molar-refractivity contribution is 0.0696. The number of benzene rings is 3. The number of aromatic nitrogens is 1. The molecule has 4 nitrogen and oxygen atoms in total. The number of carboxylic acid groups (broad SMARTS) is 1. The standard InChI is InChI=1S/C29H27NO3/c31-29(32)24-16-9-10-20(19-24)18-23-15-7-8-17-25(23)28-30-26(21-11-3-1-4-12-21)27(33-28)22-13-5-2-6-14-22/h1-6,9-14,16,19,23,25H,7-8,15,17-18H2,(H,31,32)/t23-,25?/m0/s1. The van der Waals surface area contributed by atoms with Crippen molar-refractivity contribution in [2.45, 2.75) is 38.0 Å². The third kappa shape index (κ3) is 4.61. The molecule has 0 saturated heterocycles. The summed E-state index contributed by atoms with van der Waals surface area (Å²) >= 11 is 0. The molecule has 0 spiro atoms. The van der Waals surface area contributed by atoms with Crippen LogP contribution in [-0.2, 0) is 6.42 Å². The molecule has 0 amide bonds. The molecule has 1 aliphatic rings. The third-order valence-corrected chi connectivity index (χ3v) is 6.63. The zero-order valence-corrected chi connectivity index (χ0v) is 18.5. The van der Waals surface area contributed by atoms with Crippen molar-refractivity contribution in [3.63, 3.8) is 0 Å². The normalized spacial score (nSPS) is 18.2. The van der Waals surface area contributed by atoms with Gasteiger partial charge in [-0.15, -0.1) is 0 Å². The van der Waals surface area contributed by atoms with Gasteiger partial charge in [-0.1, -0.05) is 85.6 Å². The van der Waals surface area contributed by atoms with E-state index >= 15 is 0 Å². The molecule has 2 atom stereocenters. The summed E-state index contributed by atoms with van der Waals surface area (Å²) in [6, 6.07) is 27.7. The van der Waals surface area contributed by atoms with Crippen LogP contribution in [0.25, 0.3) is 22.6 Å². The molecule has 166 valence electrons. The summed E-state index contributed by atoms with van der Waals surface area (Å²) in [6.07, 6.45) is 5.28. The average molecular weight is 438 g/mol. The highest BCUT2D eigenvalue weighted by molar-refractivity contribution is 5.87. The van der Waals surface area contributed by atoms with Gasteiger partial charge in [-0.3, -0.25) is 0 Å². The maximum absolute atomic E-state index is 11.4. The molecular formula is C29H27NO3. The first kappa shape index (κ1) is 21.2. The Morgan fingerprint density at radius 2 is 1.58 bits per heavy atom. The number of hydrogen-bond donors (Lipinski definition) is 1. The molecule has 1 aliphatic carbocycles. The van der Waals surface area contributed by atoms with E-state index in [2.05, 4.69) is 24.3 Å². The quantitative estimate of drug-likeness (QED) is 0.346. The number of carboxylic acids is 1. The second kappa shape index (κ2) is 9.45. The fourth-order valence-electron chi connectivity index (χ4n) is 4.98. The van der Waals surface area contributed by atoms with Crippen molar-refractivity contribution in [3.8, 4) is 22.6 Å². The lowest BCUT2D eigenvalue weighted by Crippen LogP contribution is -2.20. The second-order valence-corrected chi connectivity index (χ2v) is 8.82. The van der Waals surface area contributed by atoms with Crippen molar-refractivity contribution < 1.29 is 14.3 Å². The Labute approximate surface area is 193 Å². The van der Waals surface area contributed by atoms with Crippen LogP contribution in [0.3, 0.4) is 0 Å². The Hall–Kier alpha value is -3.66. The van der Waals surface area contributed by atoms with E-state index in [0.29, 0.717) is 11.5 Å². The van der Waals surface area contributed by atoms with Gasteiger partial charge < -0.3 is 9.52 Å². The Morgan fingerprint density at radius 3 is 2.30 bits per heavy atom. The highest BCUT2D eigenvalue weighted by Gasteiger charge is 2.32. The first-order valence-corrected chi connectivity index (χ1v) is 11.6. The number of hydrogen-bond acceptors (Lipinski definition) is 3. The predicted molar refractivity (Wildman–Crippen MR) is 129 cm³/mol. The van der Waals surface area contributed by atoms with Crippen LogP contribution in [0.1, 0.15) is 53.4 Å². The van der Waals surface area contributed by atoms with E-state index in [1.165, 1.54) is 6.42 Å². The zero-order valence-electron chi connectivity index (χ0n) is 18.5. The Morgan fingerprint density at radius 1 is 0.879 bits per heavy atom. The largest absolute Gasteiger partial charge is 0.478 e. The molecule has 33 heavy (non-hydrogen) atoms. The molecule has 0 aliphatic heterocycles. The molecule has 0 bridgehead atoms. The highest BCUT2D eigenvalue weighted by Crippen LogP contribution is 2.43. The van der Waals surface area contributed by atoms with Gasteiger partial charge >= 0.3 is 5.97 Å². The first-order chi connectivity index (χ1) is 16.2. The molecule has 1 fully saturated rings. The van der Waals surface area contributed by atoms with Crippen molar-refractivity contribution in [1.29, 1.82) is 0 Å². The molecule has 1 unspecified atom stereocenters. The SMILES string of the molecule is O=C(O)c1cccc(C[C@@H]2CCCCC2c2nc(-c3ccccc3)c(-c3ccccc3)o2)c1. The van der Waals surface area contributed by atoms with E-state index in [0.717, 1.165) is 59.7 Å². The maximum Gasteiger partial charge on any atom is 0.335 e. The Bertz CT molecular complexity index is 1170. The number of oxazole rings is 1. The summed E-state index contributed by atoms with van der Waals surface area (Å²) in [7, 11) is 0. The molecule has 4 heteroatoms. The summed E-state index contributed by atoms with van der Waals surface area (Å²) in [5, 5.41) is 9.37. The lowest BCUT2D eigenvalue weighted by Gasteiger charge is -2.29. The van der Waals surface area contributed by atoms with Crippen molar-refractivity contribution in [3.05, 3.63) is 102 Å². The van der Waals surface area contributed by atoms with Gasteiger partial charge in [-0.2, -0.15) is 0 Å². The second-order valence-electron chi connectivity index (χ2n) is 8.82. The minimum Gasteiger partial charge on any atom is -0.478 e. The van der Waals surface area contributed by atoms with Gasteiger partial charge in [0.25, 0.3) is 0 Å². The molecule has 5 rings (SSSR count). The van der Waals surface area contributed by atoms with Gasteiger partial charge in [0.1, 0.15) is 5.69 Å². The van der Waals surface area contributed by atoms with Gasteiger partial charge in [0.2, 0.25) is 0 Å². The van der Waals surface area contributed by atoms with E-state index in [-0.39, 0.29) is 5.92 Å². The molecule has 1 saturated carbocycles. The number of aromatic carboxylic acids is 1. The smallest absolute Gasteiger partial charge is 0.335 e. The fraction of sp³-hybridized carbons (Fsp3) is 0.241. The van der Waals surface area contributed by atoms with Crippen molar-refractivity contribution in [1.82, 2.24) is 4.98 Å². The van der Waals surface area contributed by atoms with Gasteiger partial charge in [0.05, 0.1) is 5.56 Å². The average Bonchev–Trinajstić information content (AvgIpc) is 3.31. The van der Waals surface area contributed by atoms with E-state index in [9.17, 15) is 9.90 Å². The minimum absolute atomic E-state index is 0.215. The van der Waals surface area contributed by atoms with Crippen molar-refractivity contribution in [2.75, 3.05) is 0 Å². The van der Waals surface area contributed by atoms with Gasteiger partial charge in [0, 0.05) is 17.0 Å². The monoisotopic (exact) mass is 437 g/mol. The van der Waals surface area contributed by atoms with Crippen molar-refractivity contribution in [2.24, 2.45) is 5.92 Å². The topological polar surface area (TPSA) is 63.3 Å². The minimum atomic E-state index is -0.884. The molecule has 1 heterocycles. The molecule has 0 radical (unpaired) electrons. The summed E-state index contributed by atoms with van der Waals surface area (Å²) in [5.41, 5.74) is 4.36. The first-order valence-electron chi connectivity index (χ1n) is 11.6. The zero-order chi connectivity index (χ0) is 22.6. The van der Waals surface area contributed by atoms with Gasteiger partial charge in [-0.05, 0) is 42.9 Å². The van der Waals surface area contributed by atoms with E-state index in [1.807, 2.05) is 48.5 Å². The van der Waals surface area contributed by atoms with E-state index < -0.39 is 5.97 Å². The predicted octanol–water partition coefficient (Wildman–Crippen LogP) is 7.22. The van der Waals surface area contributed by atoms with Crippen LogP contribution in [0.5, 0.6) is 0 Å². The van der Waals surface area contributed by atoms with Gasteiger partial charge in [-0.25, -0.2) is 9.78 Å². The fourth-order valence-corrected chi connectivity index (χ4v) is 4.98. The number of nitrogens with zero attached hydrogens (tertiary/aromatic N) is 1. The van der Waals surface area contributed by atoms with Crippen LogP contribution in [0.2, 0.25) is 0 Å². The summed E-state index contributed by atoms with van der Waals surface area (Å²) in [4.78, 5) is 16.5. The Balaban J connectivity index is 1.51. The molecular weight excluding hydrogens is 410 g/mol. The van der Waals surface area contributed by atoms with Crippen LogP contribution in [-0.4, -0.2) is 16.1 Å². The maximum atomic E-state index is 11.4. The van der Waals surface area contributed by atoms with E-state index in [1.54, 1.807) is 12.1 Å². The van der Waals surface area contributed by atoms with Crippen LogP contribution in [0, 0.1) is 5.92 Å². The molecule has 1 N–H and O–H groups in total. The molecule has 1 aromatic heterocycles. The summed E-state index contributed by atoms with van der Waals surface area (Å²) in [6.45, 7) is 0. The van der Waals surface area contributed by atoms with Crippen LogP contribution < -0.4 is 0 Å². The third-order valence-electron chi connectivity index (χ3n) is 6.63. The van der Waals surface area contributed by atoms with E-state index in [4.69, 9.17) is 9.40 Å².